The molecular weight excluding hydrogens is 198 g/mol. The van der Waals surface area contributed by atoms with Crippen molar-refractivity contribution < 1.29 is 0 Å². The Labute approximate surface area is 88.9 Å². The molecule has 1 atom stereocenters. The van der Waals surface area contributed by atoms with E-state index in [0.29, 0.717) is 6.04 Å². The van der Waals surface area contributed by atoms with Crippen LogP contribution in [0.2, 0.25) is 0 Å². The molecule has 13 heavy (non-hydrogen) atoms. The Hall–Kier alpha value is 0.01000. The van der Waals surface area contributed by atoms with E-state index in [0.717, 1.165) is 11.0 Å². The third kappa shape index (κ3) is 3.71. The fourth-order valence-corrected chi connectivity index (χ4v) is 2.76. The van der Waals surface area contributed by atoms with Crippen LogP contribution in [0, 0.1) is 0 Å². The summed E-state index contributed by atoms with van der Waals surface area (Å²) in [6.07, 6.45) is 0. The second kappa shape index (κ2) is 5.68. The number of nitrogens with one attached hydrogen (secondary N) is 1. The molecule has 1 N–H and O–H groups in total. The van der Waals surface area contributed by atoms with Crippen molar-refractivity contribution in [2.24, 2.45) is 0 Å². The molecule has 3 heteroatoms. The Morgan fingerprint density at radius 1 is 1.54 bits per heavy atom. The molecule has 74 valence electrons. The van der Waals surface area contributed by atoms with Crippen LogP contribution in [0.4, 0.5) is 0 Å². The van der Waals surface area contributed by atoms with Gasteiger partial charge in [-0.05, 0) is 34.7 Å². The molecule has 1 rings (SSSR count). The maximum absolute atomic E-state index is 3.35. The summed E-state index contributed by atoms with van der Waals surface area (Å²) in [5.74, 6) is 1.16. The number of hydrogen-bond acceptors (Lipinski definition) is 3. The molecule has 0 aliphatic heterocycles. The SMILES string of the molecule is CNC(CSC(C)C)c1ccsc1. The summed E-state index contributed by atoms with van der Waals surface area (Å²) in [6, 6.07) is 2.71. The fourth-order valence-electron chi connectivity index (χ4n) is 1.11. The zero-order valence-electron chi connectivity index (χ0n) is 8.41. The molecule has 1 heterocycles. The van der Waals surface area contributed by atoms with Gasteiger partial charge >= 0.3 is 0 Å². The van der Waals surface area contributed by atoms with Crippen LogP contribution in [0.3, 0.4) is 0 Å². The van der Waals surface area contributed by atoms with Crippen LogP contribution < -0.4 is 5.32 Å². The van der Waals surface area contributed by atoms with Gasteiger partial charge in [-0.15, -0.1) is 0 Å². The van der Waals surface area contributed by atoms with Gasteiger partial charge in [0.1, 0.15) is 0 Å². The summed E-state index contributed by atoms with van der Waals surface area (Å²) in [6.45, 7) is 4.48. The van der Waals surface area contributed by atoms with Crippen LogP contribution in [0.5, 0.6) is 0 Å². The lowest BCUT2D eigenvalue weighted by molar-refractivity contribution is 0.663. The first-order chi connectivity index (χ1) is 6.24. The molecule has 1 nitrogen and oxygen atoms in total. The number of thiophene rings is 1. The Balaban J connectivity index is 2.44. The van der Waals surface area contributed by atoms with E-state index < -0.39 is 0 Å². The van der Waals surface area contributed by atoms with Gasteiger partial charge in [-0.2, -0.15) is 23.1 Å². The highest BCUT2D eigenvalue weighted by atomic mass is 32.2. The molecule has 1 unspecified atom stereocenters. The summed E-state index contributed by atoms with van der Waals surface area (Å²) < 4.78 is 0. The molecule has 0 bridgehead atoms. The Morgan fingerprint density at radius 2 is 2.31 bits per heavy atom. The van der Waals surface area contributed by atoms with E-state index >= 15 is 0 Å². The monoisotopic (exact) mass is 215 g/mol. The van der Waals surface area contributed by atoms with Crippen molar-refractivity contribution in [3.8, 4) is 0 Å². The largest absolute Gasteiger partial charge is 0.312 e. The molecule has 1 aromatic heterocycles. The Kier molecular flexibility index (Phi) is 4.84. The summed E-state index contributed by atoms with van der Waals surface area (Å²) in [5.41, 5.74) is 1.42. The van der Waals surface area contributed by atoms with Crippen molar-refractivity contribution in [3.63, 3.8) is 0 Å². The van der Waals surface area contributed by atoms with Crippen LogP contribution in [0.15, 0.2) is 16.8 Å². The third-order valence-electron chi connectivity index (χ3n) is 1.89. The van der Waals surface area contributed by atoms with Crippen LogP contribution in [0.25, 0.3) is 0 Å². The maximum atomic E-state index is 3.35. The van der Waals surface area contributed by atoms with E-state index in [-0.39, 0.29) is 0 Å². The lowest BCUT2D eigenvalue weighted by Gasteiger charge is -2.15. The summed E-state index contributed by atoms with van der Waals surface area (Å²) >= 11 is 3.77. The smallest absolute Gasteiger partial charge is 0.0417 e. The zero-order valence-corrected chi connectivity index (χ0v) is 10.0. The lowest BCUT2D eigenvalue weighted by Crippen LogP contribution is -2.18. The highest BCUT2D eigenvalue weighted by molar-refractivity contribution is 7.99. The number of thioether (sulfide) groups is 1. The van der Waals surface area contributed by atoms with Crippen molar-refractivity contribution in [2.75, 3.05) is 12.8 Å². The molecule has 0 amide bonds. The van der Waals surface area contributed by atoms with E-state index in [2.05, 4.69) is 36.0 Å². The van der Waals surface area contributed by atoms with Gasteiger partial charge in [0.15, 0.2) is 0 Å². The summed E-state index contributed by atoms with van der Waals surface area (Å²) in [4.78, 5) is 0. The average molecular weight is 215 g/mol. The predicted molar refractivity (Wildman–Crippen MR) is 63.7 cm³/mol. The Bertz CT molecular complexity index is 219. The van der Waals surface area contributed by atoms with Gasteiger partial charge < -0.3 is 5.32 Å². The van der Waals surface area contributed by atoms with Crippen LogP contribution >= 0.6 is 23.1 Å². The Morgan fingerprint density at radius 3 is 2.77 bits per heavy atom. The molecule has 0 aromatic carbocycles. The normalized spacial score (nSPS) is 13.5. The molecule has 0 radical (unpaired) electrons. The van der Waals surface area contributed by atoms with Gasteiger partial charge in [0.25, 0.3) is 0 Å². The van der Waals surface area contributed by atoms with Crippen molar-refractivity contribution in [3.05, 3.63) is 22.4 Å². The van der Waals surface area contributed by atoms with Crippen LogP contribution in [-0.4, -0.2) is 18.1 Å². The predicted octanol–water partition coefficient (Wildman–Crippen LogP) is 3.15. The zero-order chi connectivity index (χ0) is 9.68. The molecule has 0 aliphatic rings. The standard InChI is InChI=1S/C10H17NS2/c1-8(2)13-7-10(11-3)9-4-5-12-6-9/h4-6,8,10-11H,7H2,1-3H3. The minimum Gasteiger partial charge on any atom is -0.312 e. The highest BCUT2D eigenvalue weighted by Crippen LogP contribution is 2.22. The van der Waals surface area contributed by atoms with E-state index in [1.807, 2.05) is 18.8 Å². The molecule has 0 fully saturated rings. The highest BCUT2D eigenvalue weighted by Gasteiger charge is 2.09. The number of rotatable bonds is 5. The minimum absolute atomic E-state index is 0.513. The minimum atomic E-state index is 0.513. The van der Waals surface area contributed by atoms with Crippen molar-refractivity contribution >= 4 is 23.1 Å². The summed E-state index contributed by atoms with van der Waals surface area (Å²) in [5, 5.41) is 8.43. The van der Waals surface area contributed by atoms with Crippen molar-refractivity contribution in [1.82, 2.24) is 5.32 Å². The summed E-state index contributed by atoms with van der Waals surface area (Å²) in [7, 11) is 2.03. The quantitative estimate of drug-likeness (QED) is 0.810. The molecular formula is C10H17NS2. The van der Waals surface area contributed by atoms with E-state index in [9.17, 15) is 0 Å². The fraction of sp³-hybridized carbons (Fsp3) is 0.600. The van der Waals surface area contributed by atoms with Crippen molar-refractivity contribution in [1.29, 1.82) is 0 Å². The molecule has 0 spiro atoms. The van der Waals surface area contributed by atoms with Crippen LogP contribution in [0.1, 0.15) is 25.5 Å². The first kappa shape index (κ1) is 11.1. The van der Waals surface area contributed by atoms with E-state index in [1.165, 1.54) is 5.56 Å². The topological polar surface area (TPSA) is 12.0 Å². The lowest BCUT2D eigenvalue weighted by atomic mass is 10.2. The van der Waals surface area contributed by atoms with Gasteiger partial charge in [0.2, 0.25) is 0 Å². The first-order valence-corrected chi connectivity index (χ1v) is 6.54. The second-order valence-corrected chi connectivity index (χ2v) is 5.67. The van der Waals surface area contributed by atoms with E-state index in [1.54, 1.807) is 11.3 Å². The van der Waals surface area contributed by atoms with Gasteiger partial charge in [-0.1, -0.05) is 13.8 Å². The molecule has 0 saturated heterocycles. The molecule has 0 aliphatic carbocycles. The van der Waals surface area contributed by atoms with Crippen LogP contribution in [-0.2, 0) is 0 Å². The van der Waals surface area contributed by atoms with Crippen molar-refractivity contribution in [2.45, 2.75) is 25.1 Å². The molecule has 0 saturated carbocycles. The van der Waals surface area contributed by atoms with Gasteiger partial charge in [-0.25, -0.2) is 0 Å². The van der Waals surface area contributed by atoms with Gasteiger partial charge in [0, 0.05) is 11.8 Å². The number of hydrogen-bond donors (Lipinski definition) is 1. The van der Waals surface area contributed by atoms with Gasteiger partial charge in [-0.3, -0.25) is 0 Å². The molecule has 1 aromatic rings. The maximum Gasteiger partial charge on any atom is 0.0417 e. The van der Waals surface area contributed by atoms with Gasteiger partial charge in [0.05, 0.1) is 0 Å². The van der Waals surface area contributed by atoms with E-state index in [4.69, 9.17) is 0 Å². The average Bonchev–Trinajstić information content (AvgIpc) is 2.58. The second-order valence-electron chi connectivity index (χ2n) is 3.28. The third-order valence-corrected chi connectivity index (χ3v) is 3.78. The first-order valence-electron chi connectivity index (χ1n) is 4.55.